The van der Waals surface area contributed by atoms with Crippen LogP contribution in [0.2, 0.25) is 18.1 Å². The van der Waals surface area contributed by atoms with Crippen molar-refractivity contribution in [3.8, 4) is 17.6 Å². The number of halogens is 3. The Kier molecular flexibility index (Phi) is 6.41. The van der Waals surface area contributed by atoms with Crippen LogP contribution in [0, 0.1) is 11.8 Å². The molecule has 1 rings (SSSR count). The van der Waals surface area contributed by atoms with Crippen LogP contribution >= 0.6 is 0 Å². The molecular weight excluding hydrogens is 345 g/mol. The molecule has 0 atom stereocenters. The molecule has 25 heavy (non-hydrogen) atoms. The molecule has 140 valence electrons. The van der Waals surface area contributed by atoms with Gasteiger partial charge in [0.1, 0.15) is 5.75 Å². The number of hydrogen-bond acceptors (Lipinski definition) is 2. The number of benzene rings is 1. The molecule has 0 aliphatic heterocycles. The van der Waals surface area contributed by atoms with Gasteiger partial charge in [-0.05, 0) is 56.2 Å². The van der Waals surface area contributed by atoms with Crippen LogP contribution in [0.4, 0.5) is 13.2 Å². The third kappa shape index (κ3) is 6.75. The molecule has 0 unspecified atom stereocenters. The first-order valence-electron chi connectivity index (χ1n) is 8.14. The lowest BCUT2D eigenvalue weighted by Crippen LogP contribution is -2.40. The minimum Gasteiger partial charge on any atom is -0.475 e. The van der Waals surface area contributed by atoms with E-state index in [4.69, 9.17) is 9.16 Å². The van der Waals surface area contributed by atoms with Crippen LogP contribution in [0.1, 0.15) is 40.2 Å². The molecule has 0 heterocycles. The van der Waals surface area contributed by atoms with E-state index in [-0.39, 0.29) is 5.04 Å². The molecule has 0 spiro atoms. The van der Waals surface area contributed by atoms with Crippen LogP contribution in [0.15, 0.2) is 24.3 Å². The maximum atomic E-state index is 12.6. The van der Waals surface area contributed by atoms with Gasteiger partial charge in [-0.3, -0.25) is 0 Å². The molecule has 0 saturated carbocycles. The molecule has 0 aliphatic rings. The van der Waals surface area contributed by atoms with E-state index in [9.17, 15) is 13.2 Å². The monoisotopic (exact) mass is 372 g/mol. The Balaban J connectivity index is 2.68. The van der Waals surface area contributed by atoms with E-state index >= 15 is 0 Å². The summed E-state index contributed by atoms with van der Waals surface area (Å²) in [6.07, 6.45) is -4.35. The first-order valence-corrected chi connectivity index (χ1v) is 11.1. The second kappa shape index (κ2) is 7.43. The average Bonchev–Trinajstić information content (AvgIpc) is 2.41. The molecule has 0 saturated heterocycles. The van der Waals surface area contributed by atoms with Crippen molar-refractivity contribution in [1.29, 1.82) is 0 Å². The molecule has 0 N–H and O–H groups in total. The minimum atomic E-state index is -4.35. The molecule has 1 aromatic rings. The molecule has 0 aliphatic carbocycles. The molecule has 2 nitrogen and oxygen atoms in total. The highest BCUT2D eigenvalue weighted by atomic mass is 28.4. The van der Waals surface area contributed by atoms with E-state index in [2.05, 4.69) is 45.7 Å². The third-order valence-corrected chi connectivity index (χ3v) is 8.73. The first-order chi connectivity index (χ1) is 11.1. The Morgan fingerprint density at radius 3 is 1.92 bits per heavy atom. The van der Waals surface area contributed by atoms with Crippen LogP contribution in [0.25, 0.3) is 0 Å². The van der Waals surface area contributed by atoms with Gasteiger partial charge in [-0.1, -0.05) is 32.6 Å². The second-order valence-electron chi connectivity index (χ2n) is 7.99. The van der Waals surface area contributed by atoms with Crippen molar-refractivity contribution in [2.45, 2.75) is 64.5 Å². The fourth-order valence-corrected chi connectivity index (χ4v) is 2.58. The van der Waals surface area contributed by atoms with Crippen LogP contribution in [-0.4, -0.2) is 20.5 Å². The topological polar surface area (TPSA) is 18.5 Å². The summed E-state index contributed by atoms with van der Waals surface area (Å²) in [4.78, 5) is 0. The Hall–Kier alpha value is -1.45. The molecule has 0 aromatic heterocycles. The zero-order valence-electron chi connectivity index (χ0n) is 16.0. The van der Waals surface area contributed by atoms with Crippen molar-refractivity contribution >= 4 is 8.32 Å². The zero-order chi connectivity index (χ0) is 19.5. The second-order valence-corrected chi connectivity index (χ2v) is 12.8. The predicted octanol–water partition coefficient (Wildman–Crippen LogP) is 5.89. The van der Waals surface area contributed by atoms with Gasteiger partial charge in [0.2, 0.25) is 0 Å². The van der Waals surface area contributed by atoms with Crippen molar-refractivity contribution in [2.24, 2.45) is 0 Å². The van der Waals surface area contributed by atoms with Crippen molar-refractivity contribution in [3.63, 3.8) is 0 Å². The summed E-state index contributed by atoms with van der Waals surface area (Å²) in [6.45, 7) is 14.6. The van der Waals surface area contributed by atoms with Gasteiger partial charge in [0, 0.05) is 0 Å². The summed E-state index contributed by atoms with van der Waals surface area (Å²) in [6, 6.07) is 4.61. The first kappa shape index (κ1) is 21.6. The van der Waals surface area contributed by atoms with E-state index in [1.807, 2.05) is 0 Å². The molecule has 0 fully saturated rings. The summed E-state index contributed by atoms with van der Waals surface area (Å²) in [7, 11) is -1.85. The van der Waals surface area contributed by atoms with Crippen LogP contribution in [-0.2, 0) is 10.6 Å². The van der Waals surface area contributed by atoms with Crippen molar-refractivity contribution < 1.29 is 22.3 Å². The summed E-state index contributed by atoms with van der Waals surface area (Å²) >= 11 is 0. The fourth-order valence-electron chi connectivity index (χ4n) is 1.71. The summed E-state index contributed by atoms with van der Waals surface area (Å²) in [5, 5.41) is 0.112. The van der Waals surface area contributed by atoms with E-state index < -0.39 is 25.7 Å². The van der Waals surface area contributed by atoms with E-state index in [1.54, 1.807) is 13.8 Å². The van der Waals surface area contributed by atoms with E-state index in [1.165, 1.54) is 12.1 Å². The molecule has 0 amide bonds. The van der Waals surface area contributed by atoms with Crippen LogP contribution in [0.3, 0.4) is 0 Å². The van der Waals surface area contributed by atoms with Gasteiger partial charge in [0.25, 0.3) is 0 Å². The summed E-state index contributed by atoms with van der Waals surface area (Å²) in [5.41, 5.74) is -1.53. The Morgan fingerprint density at radius 1 is 0.960 bits per heavy atom. The molecule has 6 heteroatoms. The van der Waals surface area contributed by atoms with Crippen LogP contribution in [0.5, 0.6) is 5.75 Å². The summed E-state index contributed by atoms with van der Waals surface area (Å²) < 4.78 is 49.4. The quantitative estimate of drug-likeness (QED) is 0.485. The summed E-state index contributed by atoms with van der Waals surface area (Å²) in [5.74, 6) is 6.29. The maximum Gasteiger partial charge on any atom is 0.416 e. The van der Waals surface area contributed by atoms with E-state index in [0.717, 1.165) is 12.1 Å². The number of alkyl halides is 3. The van der Waals surface area contributed by atoms with Crippen molar-refractivity contribution in [2.75, 3.05) is 6.61 Å². The maximum absolute atomic E-state index is 12.6. The SMILES string of the molecule is CC(C)(C#CCO[Si](C)(C)C(C)(C)C)Oc1ccc(C(F)(F)F)cc1. The highest BCUT2D eigenvalue weighted by Crippen LogP contribution is 2.36. The van der Waals surface area contributed by atoms with Crippen LogP contribution < -0.4 is 4.74 Å². The molecular formula is C19H27F3O2Si. The Morgan fingerprint density at radius 2 is 1.48 bits per heavy atom. The zero-order valence-corrected chi connectivity index (χ0v) is 17.0. The Labute approximate surface area is 149 Å². The normalized spacial score (nSPS) is 13.2. The smallest absolute Gasteiger partial charge is 0.416 e. The Bertz CT molecular complexity index is 630. The van der Waals surface area contributed by atoms with Gasteiger partial charge in [-0.15, -0.1) is 0 Å². The third-order valence-electron chi connectivity index (χ3n) is 4.26. The van der Waals surface area contributed by atoms with Gasteiger partial charge >= 0.3 is 6.18 Å². The lowest BCUT2D eigenvalue weighted by molar-refractivity contribution is -0.137. The highest BCUT2D eigenvalue weighted by Gasteiger charge is 2.36. The van der Waals surface area contributed by atoms with Crippen molar-refractivity contribution in [1.82, 2.24) is 0 Å². The van der Waals surface area contributed by atoms with E-state index in [0.29, 0.717) is 12.4 Å². The van der Waals surface area contributed by atoms with Gasteiger partial charge < -0.3 is 9.16 Å². The van der Waals surface area contributed by atoms with Gasteiger partial charge in [0.15, 0.2) is 13.9 Å². The predicted molar refractivity (Wildman–Crippen MR) is 97.1 cm³/mol. The molecule has 0 bridgehead atoms. The van der Waals surface area contributed by atoms with Crippen molar-refractivity contribution in [3.05, 3.63) is 29.8 Å². The standard InChI is InChI=1S/C19H27F3O2Si/c1-17(2,3)25(6,7)23-14-8-13-18(4,5)24-16-11-9-15(10-12-16)19(20,21)22/h9-12H,14H2,1-7H3. The number of rotatable bonds is 4. The highest BCUT2D eigenvalue weighted by molar-refractivity contribution is 6.74. The van der Waals surface area contributed by atoms with Gasteiger partial charge in [-0.25, -0.2) is 0 Å². The molecule has 1 aromatic carbocycles. The van der Waals surface area contributed by atoms with Gasteiger partial charge in [-0.2, -0.15) is 13.2 Å². The largest absolute Gasteiger partial charge is 0.475 e. The van der Waals surface area contributed by atoms with Gasteiger partial charge in [0.05, 0.1) is 12.2 Å². The fraction of sp³-hybridized carbons (Fsp3) is 0.579. The lowest BCUT2D eigenvalue weighted by atomic mass is 10.1. The molecule has 0 radical (unpaired) electrons. The lowest BCUT2D eigenvalue weighted by Gasteiger charge is -2.35. The number of ether oxygens (including phenoxy) is 1. The number of hydrogen-bond donors (Lipinski definition) is 0. The average molecular weight is 373 g/mol. The minimum absolute atomic E-state index is 0.112.